The van der Waals surface area contributed by atoms with Gasteiger partial charge in [-0.05, 0) is 6.42 Å². The minimum absolute atomic E-state index is 0.0928. The number of amides is 1. The average Bonchev–Trinajstić information content (AvgIpc) is 2.34. The summed E-state index contributed by atoms with van der Waals surface area (Å²) in [4.78, 5) is 21.8. The summed E-state index contributed by atoms with van der Waals surface area (Å²) in [5.41, 5.74) is 0. The Morgan fingerprint density at radius 1 is 1.44 bits per heavy atom. The van der Waals surface area contributed by atoms with Crippen LogP contribution < -0.4 is 0 Å². The van der Waals surface area contributed by atoms with Crippen LogP contribution in [0.5, 0.6) is 0 Å². The first-order valence-corrected chi connectivity index (χ1v) is 3.01. The topological polar surface area (TPSA) is 37.4 Å². The first-order valence-electron chi connectivity index (χ1n) is 3.01. The summed E-state index contributed by atoms with van der Waals surface area (Å²) in [6, 6.07) is 0. The Bertz CT molecular complexity index is 110. The lowest BCUT2D eigenvalue weighted by molar-refractivity contribution is -0.117. The fourth-order valence-corrected chi connectivity index (χ4v) is 1.02. The van der Waals surface area contributed by atoms with E-state index in [0.717, 1.165) is 25.7 Å². The Labute approximate surface area is 53.6 Å². The van der Waals surface area contributed by atoms with E-state index in [1.807, 2.05) is 0 Å². The highest BCUT2D eigenvalue weighted by Crippen LogP contribution is 2.10. The molecule has 0 saturated carbocycles. The zero-order valence-corrected chi connectivity index (χ0v) is 5.12. The minimum atomic E-state index is 0.0928. The zero-order chi connectivity index (χ0) is 6.69. The van der Waals surface area contributed by atoms with Crippen molar-refractivity contribution in [2.45, 2.75) is 6.42 Å². The maximum atomic E-state index is 10.1. The predicted octanol–water partition coefficient (Wildman–Crippen LogP) is -0.336. The molecule has 0 aromatic heterocycles. The van der Waals surface area contributed by atoms with E-state index in [-0.39, 0.29) is 5.92 Å². The van der Waals surface area contributed by atoms with Crippen LogP contribution in [-0.4, -0.2) is 30.7 Å². The summed E-state index contributed by atoms with van der Waals surface area (Å²) < 4.78 is 0. The number of hydrogen-bond donors (Lipinski definition) is 0. The lowest BCUT2D eigenvalue weighted by atomic mass is 10.1. The fourth-order valence-electron chi connectivity index (χ4n) is 1.02. The van der Waals surface area contributed by atoms with E-state index < -0.39 is 0 Å². The van der Waals surface area contributed by atoms with Gasteiger partial charge < -0.3 is 9.69 Å². The second kappa shape index (κ2) is 2.62. The van der Waals surface area contributed by atoms with Gasteiger partial charge in [0.25, 0.3) is 0 Å². The first kappa shape index (κ1) is 6.26. The molecule has 1 aliphatic heterocycles. The van der Waals surface area contributed by atoms with Gasteiger partial charge in [-0.2, -0.15) is 0 Å². The molecule has 3 nitrogen and oxygen atoms in total. The largest absolute Gasteiger partial charge is 0.345 e. The molecule has 50 valence electrons. The van der Waals surface area contributed by atoms with Crippen molar-refractivity contribution in [3.63, 3.8) is 0 Å². The van der Waals surface area contributed by atoms with Gasteiger partial charge in [0.1, 0.15) is 6.29 Å². The Morgan fingerprint density at radius 3 is 2.56 bits per heavy atom. The third kappa shape index (κ3) is 1.28. The molecule has 0 aromatic rings. The fraction of sp³-hybridized carbons (Fsp3) is 0.667. The van der Waals surface area contributed by atoms with E-state index in [2.05, 4.69) is 0 Å². The van der Waals surface area contributed by atoms with Gasteiger partial charge in [0.05, 0.1) is 0 Å². The number of likely N-dealkylation sites (tertiary alicyclic amines) is 1. The summed E-state index contributed by atoms with van der Waals surface area (Å²) in [7, 11) is 0. The minimum Gasteiger partial charge on any atom is -0.345 e. The van der Waals surface area contributed by atoms with Crippen molar-refractivity contribution < 1.29 is 9.59 Å². The average molecular weight is 127 g/mol. The normalized spacial score (nSPS) is 26.2. The second-order valence-corrected chi connectivity index (χ2v) is 2.29. The Kier molecular flexibility index (Phi) is 1.82. The van der Waals surface area contributed by atoms with Crippen LogP contribution in [0.25, 0.3) is 0 Å². The van der Waals surface area contributed by atoms with Crippen LogP contribution in [-0.2, 0) is 9.59 Å². The maximum Gasteiger partial charge on any atom is 0.209 e. The standard InChI is InChI=1S/C6H9NO2/c8-4-6-1-2-7(3-6)5-9/h4-6H,1-3H2/t6-/m1/s1. The third-order valence-corrected chi connectivity index (χ3v) is 1.60. The third-order valence-electron chi connectivity index (χ3n) is 1.60. The van der Waals surface area contributed by atoms with E-state index in [4.69, 9.17) is 0 Å². The predicted molar refractivity (Wildman–Crippen MR) is 31.8 cm³/mol. The first-order chi connectivity index (χ1) is 4.36. The van der Waals surface area contributed by atoms with Crippen molar-refractivity contribution in [1.29, 1.82) is 0 Å². The summed E-state index contributed by atoms with van der Waals surface area (Å²) >= 11 is 0. The molecule has 1 rings (SSSR count). The van der Waals surface area contributed by atoms with Crippen LogP contribution in [0.3, 0.4) is 0 Å². The smallest absolute Gasteiger partial charge is 0.209 e. The SMILES string of the molecule is O=C[C@@H]1CCN(C=O)C1. The number of carbonyl (C=O) groups excluding carboxylic acids is 2. The second-order valence-electron chi connectivity index (χ2n) is 2.29. The number of aldehydes is 1. The Balaban J connectivity index is 2.36. The lowest BCUT2D eigenvalue weighted by Gasteiger charge is -2.04. The zero-order valence-electron chi connectivity index (χ0n) is 5.12. The van der Waals surface area contributed by atoms with Crippen molar-refractivity contribution in [3.8, 4) is 0 Å². The Hall–Kier alpha value is -0.860. The molecular formula is C6H9NO2. The molecule has 1 heterocycles. The molecule has 1 saturated heterocycles. The van der Waals surface area contributed by atoms with Crippen molar-refractivity contribution in [2.24, 2.45) is 5.92 Å². The quantitative estimate of drug-likeness (QED) is 0.476. The van der Waals surface area contributed by atoms with E-state index in [1.165, 1.54) is 0 Å². The molecule has 1 fully saturated rings. The van der Waals surface area contributed by atoms with Crippen molar-refractivity contribution in [3.05, 3.63) is 0 Å². The molecule has 1 atom stereocenters. The van der Waals surface area contributed by atoms with Gasteiger partial charge in [-0.15, -0.1) is 0 Å². The number of hydrogen-bond acceptors (Lipinski definition) is 2. The van der Waals surface area contributed by atoms with Crippen LogP contribution in [0.15, 0.2) is 0 Å². The van der Waals surface area contributed by atoms with Crippen molar-refractivity contribution >= 4 is 12.7 Å². The van der Waals surface area contributed by atoms with Gasteiger partial charge in [-0.25, -0.2) is 0 Å². The highest BCUT2D eigenvalue weighted by Gasteiger charge is 2.19. The lowest BCUT2D eigenvalue weighted by Crippen LogP contribution is -2.18. The number of nitrogens with zero attached hydrogens (tertiary/aromatic N) is 1. The van der Waals surface area contributed by atoms with E-state index in [9.17, 15) is 9.59 Å². The van der Waals surface area contributed by atoms with Gasteiger partial charge in [-0.1, -0.05) is 0 Å². The molecule has 0 bridgehead atoms. The molecule has 0 radical (unpaired) electrons. The van der Waals surface area contributed by atoms with Crippen LogP contribution in [0.2, 0.25) is 0 Å². The summed E-state index contributed by atoms with van der Waals surface area (Å²) in [6.07, 6.45) is 2.55. The molecule has 0 spiro atoms. The molecular weight excluding hydrogens is 118 g/mol. The van der Waals surface area contributed by atoms with E-state index in [1.54, 1.807) is 4.90 Å². The molecule has 0 N–H and O–H groups in total. The van der Waals surface area contributed by atoms with Crippen molar-refractivity contribution in [2.75, 3.05) is 13.1 Å². The molecule has 0 aliphatic carbocycles. The highest BCUT2D eigenvalue weighted by atomic mass is 16.1. The molecule has 0 unspecified atom stereocenters. The molecule has 1 aliphatic rings. The van der Waals surface area contributed by atoms with Crippen LogP contribution in [0.1, 0.15) is 6.42 Å². The number of rotatable bonds is 2. The molecule has 9 heavy (non-hydrogen) atoms. The Morgan fingerprint density at radius 2 is 2.22 bits per heavy atom. The van der Waals surface area contributed by atoms with Gasteiger partial charge in [0.15, 0.2) is 0 Å². The summed E-state index contributed by atoms with van der Waals surface area (Å²) in [6.45, 7) is 1.36. The van der Waals surface area contributed by atoms with E-state index >= 15 is 0 Å². The monoisotopic (exact) mass is 127 g/mol. The molecule has 1 amide bonds. The highest BCUT2D eigenvalue weighted by molar-refractivity contribution is 5.57. The molecule has 0 aromatic carbocycles. The van der Waals surface area contributed by atoms with Gasteiger partial charge in [0, 0.05) is 19.0 Å². The summed E-state index contributed by atoms with van der Waals surface area (Å²) in [5, 5.41) is 0. The van der Waals surface area contributed by atoms with Crippen molar-refractivity contribution in [1.82, 2.24) is 4.90 Å². The van der Waals surface area contributed by atoms with Crippen LogP contribution in [0, 0.1) is 5.92 Å². The van der Waals surface area contributed by atoms with Crippen LogP contribution >= 0.6 is 0 Å². The van der Waals surface area contributed by atoms with E-state index in [0.29, 0.717) is 6.54 Å². The van der Waals surface area contributed by atoms with Gasteiger partial charge in [-0.3, -0.25) is 4.79 Å². The van der Waals surface area contributed by atoms with Gasteiger partial charge >= 0.3 is 0 Å². The molecule has 3 heteroatoms. The van der Waals surface area contributed by atoms with Crippen LogP contribution in [0.4, 0.5) is 0 Å². The summed E-state index contributed by atoms with van der Waals surface area (Å²) in [5.74, 6) is 0.0928. The maximum absolute atomic E-state index is 10.1. The van der Waals surface area contributed by atoms with Gasteiger partial charge in [0.2, 0.25) is 6.41 Å². The number of carbonyl (C=O) groups is 2.